The molecule has 0 aliphatic rings. The Kier molecular flexibility index (Phi) is 4.42. The second-order valence-electron chi connectivity index (χ2n) is 3.51. The van der Waals surface area contributed by atoms with Crippen molar-refractivity contribution in [2.45, 2.75) is 26.3 Å². The molecule has 1 atom stereocenters. The van der Waals surface area contributed by atoms with Crippen LogP contribution in [0.15, 0.2) is 22.7 Å². The smallest absolute Gasteiger partial charge is 0.0344 e. The summed E-state index contributed by atoms with van der Waals surface area (Å²) in [5, 5.41) is 3.32. The van der Waals surface area contributed by atoms with E-state index in [1.54, 1.807) is 0 Å². The molecule has 3 heteroatoms. The SMILES string of the molecule is CCC(N)CNc1ccc(Br)c(C)c1. The van der Waals surface area contributed by atoms with E-state index >= 15 is 0 Å². The fraction of sp³-hybridized carbons (Fsp3) is 0.455. The van der Waals surface area contributed by atoms with Gasteiger partial charge in [-0.1, -0.05) is 22.9 Å². The first-order chi connectivity index (χ1) is 6.63. The molecule has 0 amide bonds. The first-order valence-electron chi connectivity index (χ1n) is 4.89. The Morgan fingerprint density at radius 1 is 1.50 bits per heavy atom. The van der Waals surface area contributed by atoms with Crippen molar-refractivity contribution in [3.05, 3.63) is 28.2 Å². The lowest BCUT2D eigenvalue weighted by Gasteiger charge is -2.12. The summed E-state index contributed by atoms with van der Waals surface area (Å²) < 4.78 is 1.14. The highest BCUT2D eigenvalue weighted by Crippen LogP contribution is 2.19. The van der Waals surface area contributed by atoms with Gasteiger partial charge in [-0.3, -0.25) is 0 Å². The van der Waals surface area contributed by atoms with Crippen LogP contribution in [-0.2, 0) is 0 Å². The van der Waals surface area contributed by atoms with E-state index in [-0.39, 0.29) is 6.04 Å². The van der Waals surface area contributed by atoms with E-state index in [0.29, 0.717) is 0 Å². The molecule has 0 saturated carbocycles. The van der Waals surface area contributed by atoms with Crippen LogP contribution in [0.5, 0.6) is 0 Å². The van der Waals surface area contributed by atoms with Gasteiger partial charge in [-0.05, 0) is 37.1 Å². The zero-order chi connectivity index (χ0) is 10.6. The van der Waals surface area contributed by atoms with Gasteiger partial charge >= 0.3 is 0 Å². The Morgan fingerprint density at radius 3 is 2.79 bits per heavy atom. The number of rotatable bonds is 4. The molecule has 1 aromatic carbocycles. The predicted molar refractivity (Wildman–Crippen MR) is 65.6 cm³/mol. The average molecular weight is 257 g/mol. The predicted octanol–water partition coefficient (Wildman–Crippen LogP) is 2.91. The molecular weight excluding hydrogens is 240 g/mol. The Labute approximate surface area is 94.0 Å². The van der Waals surface area contributed by atoms with Gasteiger partial charge in [0, 0.05) is 22.7 Å². The molecule has 0 radical (unpaired) electrons. The third-order valence-corrected chi connectivity index (χ3v) is 3.14. The van der Waals surface area contributed by atoms with E-state index in [9.17, 15) is 0 Å². The number of anilines is 1. The highest BCUT2D eigenvalue weighted by molar-refractivity contribution is 9.10. The lowest BCUT2D eigenvalue weighted by molar-refractivity contribution is 0.679. The molecule has 2 nitrogen and oxygen atoms in total. The van der Waals surface area contributed by atoms with Gasteiger partial charge in [0.25, 0.3) is 0 Å². The largest absolute Gasteiger partial charge is 0.383 e. The first-order valence-corrected chi connectivity index (χ1v) is 5.68. The number of nitrogens with two attached hydrogens (primary N) is 1. The highest BCUT2D eigenvalue weighted by Gasteiger charge is 2.00. The van der Waals surface area contributed by atoms with E-state index in [4.69, 9.17) is 5.73 Å². The number of hydrogen-bond acceptors (Lipinski definition) is 2. The number of nitrogens with one attached hydrogen (secondary N) is 1. The summed E-state index contributed by atoms with van der Waals surface area (Å²) in [5.74, 6) is 0. The zero-order valence-corrected chi connectivity index (χ0v) is 10.3. The van der Waals surface area contributed by atoms with E-state index in [0.717, 1.165) is 23.1 Å². The third kappa shape index (κ3) is 3.31. The molecule has 0 aliphatic carbocycles. The maximum absolute atomic E-state index is 5.82. The lowest BCUT2D eigenvalue weighted by Crippen LogP contribution is -2.27. The van der Waals surface area contributed by atoms with Crippen LogP contribution < -0.4 is 11.1 Å². The van der Waals surface area contributed by atoms with Crippen molar-refractivity contribution in [3.8, 4) is 0 Å². The normalized spacial score (nSPS) is 12.6. The number of halogens is 1. The minimum Gasteiger partial charge on any atom is -0.383 e. The maximum Gasteiger partial charge on any atom is 0.0344 e. The van der Waals surface area contributed by atoms with Crippen molar-refractivity contribution >= 4 is 21.6 Å². The zero-order valence-electron chi connectivity index (χ0n) is 8.68. The fourth-order valence-corrected chi connectivity index (χ4v) is 1.39. The molecule has 1 unspecified atom stereocenters. The van der Waals surface area contributed by atoms with Crippen LogP contribution in [-0.4, -0.2) is 12.6 Å². The van der Waals surface area contributed by atoms with Crippen LogP contribution in [0.4, 0.5) is 5.69 Å². The Hall–Kier alpha value is -0.540. The third-order valence-electron chi connectivity index (χ3n) is 2.25. The van der Waals surface area contributed by atoms with Crippen LogP contribution >= 0.6 is 15.9 Å². The van der Waals surface area contributed by atoms with E-state index in [1.807, 2.05) is 0 Å². The molecular formula is C11H17BrN2. The summed E-state index contributed by atoms with van der Waals surface area (Å²) in [5.41, 5.74) is 8.19. The van der Waals surface area contributed by atoms with E-state index in [2.05, 4.69) is 53.3 Å². The molecule has 0 spiro atoms. The van der Waals surface area contributed by atoms with Crippen molar-refractivity contribution in [2.24, 2.45) is 5.73 Å². The van der Waals surface area contributed by atoms with Crippen LogP contribution in [0.3, 0.4) is 0 Å². The Morgan fingerprint density at radius 2 is 2.21 bits per heavy atom. The van der Waals surface area contributed by atoms with Crippen LogP contribution in [0.25, 0.3) is 0 Å². The Bertz CT molecular complexity index is 299. The molecule has 78 valence electrons. The molecule has 0 aromatic heterocycles. The van der Waals surface area contributed by atoms with Crippen molar-refractivity contribution < 1.29 is 0 Å². The van der Waals surface area contributed by atoms with Gasteiger partial charge in [-0.15, -0.1) is 0 Å². The summed E-state index contributed by atoms with van der Waals surface area (Å²) in [6.07, 6.45) is 1.00. The van der Waals surface area contributed by atoms with Crippen molar-refractivity contribution in [2.75, 3.05) is 11.9 Å². The van der Waals surface area contributed by atoms with Crippen LogP contribution in [0.1, 0.15) is 18.9 Å². The average Bonchev–Trinajstić information content (AvgIpc) is 2.19. The van der Waals surface area contributed by atoms with Gasteiger partial charge in [0.05, 0.1) is 0 Å². The molecule has 1 aromatic rings. The fourth-order valence-electron chi connectivity index (χ4n) is 1.15. The molecule has 0 bridgehead atoms. The van der Waals surface area contributed by atoms with Crippen LogP contribution in [0.2, 0.25) is 0 Å². The first kappa shape index (κ1) is 11.5. The van der Waals surface area contributed by atoms with Crippen molar-refractivity contribution in [3.63, 3.8) is 0 Å². The number of benzene rings is 1. The summed E-state index contributed by atoms with van der Waals surface area (Å²) in [6, 6.07) is 6.46. The summed E-state index contributed by atoms with van der Waals surface area (Å²) >= 11 is 3.47. The number of hydrogen-bond donors (Lipinski definition) is 2. The molecule has 14 heavy (non-hydrogen) atoms. The monoisotopic (exact) mass is 256 g/mol. The summed E-state index contributed by atoms with van der Waals surface area (Å²) in [6.45, 7) is 5.01. The lowest BCUT2D eigenvalue weighted by atomic mass is 10.2. The molecule has 0 saturated heterocycles. The quantitative estimate of drug-likeness (QED) is 0.870. The van der Waals surface area contributed by atoms with Gasteiger partial charge in [0.1, 0.15) is 0 Å². The number of aryl methyl sites for hydroxylation is 1. The molecule has 1 rings (SSSR count). The molecule has 0 aliphatic heterocycles. The van der Waals surface area contributed by atoms with Crippen LogP contribution in [0, 0.1) is 6.92 Å². The Balaban J connectivity index is 2.55. The van der Waals surface area contributed by atoms with Gasteiger partial charge in [0.2, 0.25) is 0 Å². The minimum atomic E-state index is 0.235. The minimum absolute atomic E-state index is 0.235. The van der Waals surface area contributed by atoms with Gasteiger partial charge in [-0.25, -0.2) is 0 Å². The maximum atomic E-state index is 5.82. The second-order valence-corrected chi connectivity index (χ2v) is 4.37. The highest BCUT2D eigenvalue weighted by atomic mass is 79.9. The second kappa shape index (κ2) is 5.37. The standard InChI is InChI=1S/C11H17BrN2/c1-3-9(13)7-14-10-4-5-11(12)8(2)6-10/h4-6,9,14H,3,7,13H2,1-2H3. The summed E-state index contributed by atoms with van der Waals surface area (Å²) in [7, 11) is 0. The van der Waals surface area contributed by atoms with Gasteiger partial charge in [0.15, 0.2) is 0 Å². The van der Waals surface area contributed by atoms with Crippen molar-refractivity contribution in [1.29, 1.82) is 0 Å². The van der Waals surface area contributed by atoms with E-state index in [1.165, 1.54) is 5.56 Å². The molecule has 3 N–H and O–H groups in total. The van der Waals surface area contributed by atoms with Crippen molar-refractivity contribution in [1.82, 2.24) is 0 Å². The van der Waals surface area contributed by atoms with Gasteiger partial charge < -0.3 is 11.1 Å². The molecule has 0 heterocycles. The summed E-state index contributed by atoms with van der Waals surface area (Å²) in [4.78, 5) is 0. The topological polar surface area (TPSA) is 38.0 Å². The van der Waals surface area contributed by atoms with E-state index < -0.39 is 0 Å². The van der Waals surface area contributed by atoms with Gasteiger partial charge in [-0.2, -0.15) is 0 Å². The molecule has 0 fully saturated rings.